The minimum atomic E-state index is 0.713. The fourth-order valence-electron chi connectivity index (χ4n) is 8.32. The van der Waals surface area contributed by atoms with Crippen molar-refractivity contribution in [2.75, 3.05) is 91.7 Å². The van der Waals surface area contributed by atoms with Gasteiger partial charge in [-0.2, -0.15) is 0 Å². The second kappa shape index (κ2) is 35.0. The maximum Gasteiger partial charge on any atom is 0.0380 e. The van der Waals surface area contributed by atoms with Crippen molar-refractivity contribution in [3.63, 3.8) is 0 Å². The zero-order chi connectivity index (χ0) is 66.6. The first-order valence-corrected chi connectivity index (χ1v) is 28.8. The summed E-state index contributed by atoms with van der Waals surface area (Å²) in [5.41, 5.74) is 117. The third-order valence-electron chi connectivity index (χ3n) is 14.2. The molecule has 0 aromatic heterocycles. The number of aryl methyl sites for hydroxylation is 3. The summed E-state index contributed by atoms with van der Waals surface area (Å²) in [4.78, 5) is 0. The molecular weight excluding hydrogens is 1110 g/mol. The molecule has 0 unspecified atom stereocenters. The van der Waals surface area contributed by atoms with E-state index >= 15 is 0 Å². The van der Waals surface area contributed by atoms with Gasteiger partial charge in [0.05, 0.1) is 0 Å². The van der Waals surface area contributed by atoms with Gasteiger partial charge in [0.2, 0.25) is 0 Å². The van der Waals surface area contributed by atoms with Crippen LogP contribution in [0.4, 0.5) is 91.0 Å². The molecule has 32 N–H and O–H groups in total. The van der Waals surface area contributed by atoms with E-state index in [0.29, 0.717) is 11.4 Å². The first-order chi connectivity index (χ1) is 42.6. The lowest BCUT2D eigenvalue weighted by Crippen LogP contribution is -2.04. The fourth-order valence-corrected chi connectivity index (χ4v) is 8.32. The Bertz CT molecular complexity index is 3750. The number of hydrogen-bond acceptors (Lipinski definition) is 16. The van der Waals surface area contributed by atoms with Crippen LogP contribution < -0.4 is 91.7 Å². The molecule has 0 saturated heterocycles. The highest BCUT2D eigenvalue weighted by molar-refractivity contribution is 5.71. The van der Waals surface area contributed by atoms with Crippen molar-refractivity contribution in [3.8, 4) is 22.3 Å². The lowest BCUT2D eigenvalue weighted by Gasteiger charge is -2.14. The molecule has 0 fully saturated rings. The Morgan fingerprint density at radius 2 is 0.511 bits per heavy atom. The first-order valence-electron chi connectivity index (χ1n) is 28.8. The monoisotopic (exact) mass is 1200 g/mol. The molecule has 0 spiro atoms. The number of hydrogen-bond donors (Lipinski definition) is 16. The van der Waals surface area contributed by atoms with Crippen molar-refractivity contribution in [3.05, 3.63) is 275 Å². The third kappa shape index (κ3) is 23.9. The SMILES string of the molecule is Cc1c(C)c(N)c(C)c(C)c1N.Cc1cc(N)c(C)cc1N.Cc1cc(N)ccc1N.Nc1ccc(-c2ccc(N)cc2)cc1.Nc1ccc(-c2cccc(N)c2)cc1.Nc1ccc(N)c(Cc2ccccc2)c1.Nc1ccc(N)cc1.Nc1cccc(N)c1. The van der Waals surface area contributed by atoms with Crippen molar-refractivity contribution in [2.24, 2.45) is 0 Å². The van der Waals surface area contributed by atoms with Gasteiger partial charge in [-0.3, -0.25) is 0 Å². The van der Waals surface area contributed by atoms with Gasteiger partial charge in [0, 0.05) is 91.0 Å². The Morgan fingerprint density at radius 3 is 0.856 bits per heavy atom. The van der Waals surface area contributed by atoms with Gasteiger partial charge in [-0.05, 0) is 267 Å². The molecule has 0 aliphatic rings. The van der Waals surface area contributed by atoms with Crippen LogP contribution in [0.1, 0.15) is 50.1 Å². The van der Waals surface area contributed by atoms with Crippen LogP contribution in [-0.2, 0) is 6.42 Å². The van der Waals surface area contributed by atoms with E-state index in [1.807, 2.05) is 212 Å². The van der Waals surface area contributed by atoms with Gasteiger partial charge in [0.1, 0.15) is 0 Å². The average Bonchev–Trinajstić information content (AvgIpc) is 0.935. The van der Waals surface area contributed by atoms with E-state index < -0.39 is 0 Å². The smallest absolute Gasteiger partial charge is 0.0380 e. The van der Waals surface area contributed by atoms with E-state index in [1.54, 1.807) is 48.5 Å². The van der Waals surface area contributed by atoms with Crippen LogP contribution in [0.3, 0.4) is 0 Å². The van der Waals surface area contributed by atoms with Gasteiger partial charge in [-0.15, -0.1) is 0 Å². The highest BCUT2D eigenvalue weighted by atomic mass is 14.6. The topological polar surface area (TPSA) is 416 Å². The number of nitrogen functional groups attached to an aromatic ring is 16. The van der Waals surface area contributed by atoms with Crippen LogP contribution in [0.2, 0.25) is 0 Å². The Kier molecular flexibility index (Phi) is 27.5. The van der Waals surface area contributed by atoms with Gasteiger partial charge in [-0.25, -0.2) is 0 Å². The Morgan fingerprint density at radius 1 is 0.211 bits per heavy atom. The summed E-state index contributed by atoms with van der Waals surface area (Å²) in [6.45, 7) is 13.9. The molecule has 0 saturated carbocycles. The molecule has 0 aliphatic heterocycles. The molecule has 468 valence electrons. The molecule has 11 aromatic rings. The molecule has 16 heteroatoms. The van der Waals surface area contributed by atoms with Crippen molar-refractivity contribution in [1.82, 2.24) is 0 Å². The maximum absolute atomic E-state index is 5.90. The van der Waals surface area contributed by atoms with Crippen molar-refractivity contribution in [1.29, 1.82) is 0 Å². The second-order valence-electron chi connectivity index (χ2n) is 21.5. The van der Waals surface area contributed by atoms with Gasteiger partial charge >= 0.3 is 0 Å². The second-order valence-corrected chi connectivity index (χ2v) is 21.5. The summed E-state index contributed by atoms with van der Waals surface area (Å²) in [5.74, 6) is 0. The number of rotatable bonds is 4. The summed E-state index contributed by atoms with van der Waals surface area (Å²) >= 11 is 0. The van der Waals surface area contributed by atoms with E-state index in [2.05, 4.69) is 12.1 Å². The highest BCUT2D eigenvalue weighted by Gasteiger charge is 2.10. The van der Waals surface area contributed by atoms with E-state index in [9.17, 15) is 0 Å². The van der Waals surface area contributed by atoms with Crippen LogP contribution in [-0.4, -0.2) is 0 Å². The molecule has 11 aromatic carbocycles. The Hall–Kier alpha value is -11.8. The predicted octanol–water partition coefficient (Wildman–Crippen LogP) is 13.9. The van der Waals surface area contributed by atoms with Crippen LogP contribution >= 0.6 is 0 Å². The molecular formula is C74H92N16. The molecule has 0 radical (unpaired) electrons. The minimum Gasteiger partial charge on any atom is -0.399 e. The summed E-state index contributed by atoms with van der Waals surface area (Å²) in [6, 6.07) is 70.5. The standard InChI is InChI=1S/C13H14N2.2C12H12N2.C10H16N2.C8H12N2.C7H10N2.2C6H8N2/c14-12-6-7-13(15)11(9-12)8-10-4-2-1-3-5-10;13-11-5-1-9(2-6-11)10-3-7-12(14)8-4-10;13-11-6-4-9(5-7-11)10-2-1-3-12(14)8-10;1-5-6(2)10(12)8(4)7(3)9(5)11;1-5-3-8(10)6(2)4-7(5)9;1-5-4-6(8)2-3-7(5)9;7-5-1-2-6(8)4-3-5;7-5-2-1-3-6(8)4-5/h1-7,9H,8,14-15H2;2*1-8H,13-14H2;11-12H2,1-4H3;3-4H,9-10H2,1-2H3;2-4H,8-9H2,1H3;2*1-4H,7-8H2. The van der Waals surface area contributed by atoms with Crippen molar-refractivity contribution in [2.45, 2.75) is 54.9 Å². The lowest BCUT2D eigenvalue weighted by atomic mass is 9.97. The molecule has 0 aliphatic carbocycles. The van der Waals surface area contributed by atoms with Crippen LogP contribution in [0.25, 0.3) is 22.3 Å². The van der Waals surface area contributed by atoms with Crippen molar-refractivity contribution < 1.29 is 0 Å². The van der Waals surface area contributed by atoms with Crippen LogP contribution in [0.5, 0.6) is 0 Å². The Balaban J connectivity index is 0.000000222. The van der Waals surface area contributed by atoms with E-state index in [-0.39, 0.29) is 0 Å². The van der Waals surface area contributed by atoms with E-state index in [1.165, 1.54) is 5.56 Å². The number of benzene rings is 11. The zero-order valence-corrected chi connectivity index (χ0v) is 52.8. The van der Waals surface area contributed by atoms with Gasteiger partial charge in [-0.1, -0.05) is 84.9 Å². The van der Waals surface area contributed by atoms with Crippen molar-refractivity contribution >= 4 is 91.0 Å². The normalized spacial score (nSPS) is 9.81. The molecule has 11 rings (SSSR count). The minimum absolute atomic E-state index is 0.713. The van der Waals surface area contributed by atoms with E-state index in [0.717, 1.165) is 153 Å². The van der Waals surface area contributed by atoms with Gasteiger partial charge in [0.15, 0.2) is 0 Å². The first kappa shape index (κ1) is 70.7. The van der Waals surface area contributed by atoms with E-state index in [4.69, 9.17) is 91.7 Å². The fraction of sp³-hybridized carbons (Fsp3) is 0.108. The van der Waals surface area contributed by atoms with Crippen LogP contribution in [0, 0.1) is 48.5 Å². The highest BCUT2D eigenvalue weighted by Crippen LogP contribution is 2.30. The molecule has 0 atom stereocenters. The summed E-state index contributed by atoms with van der Waals surface area (Å²) in [7, 11) is 0. The number of nitrogens with two attached hydrogens (primary N) is 16. The largest absolute Gasteiger partial charge is 0.399 e. The quantitative estimate of drug-likeness (QED) is 0.0728. The zero-order valence-electron chi connectivity index (χ0n) is 52.8. The average molecular weight is 1210 g/mol. The molecule has 0 bridgehead atoms. The maximum atomic E-state index is 5.90. The summed E-state index contributed by atoms with van der Waals surface area (Å²) in [6.07, 6.45) is 0.831. The summed E-state index contributed by atoms with van der Waals surface area (Å²) in [5, 5.41) is 0. The number of anilines is 16. The summed E-state index contributed by atoms with van der Waals surface area (Å²) < 4.78 is 0. The molecule has 90 heavy (non-hydrogen) atoms. The third-order valence-corrected chi connectivity index (χ3v) is 14.2. The predicted molar refractivity (Wildman–Crippen MR) is 395 cm³/mol. The molecule has 0 heterocycles. The lowest BCUT2D eigenvalue weighted by molar-refractivity contribution is 1.20. The van der Waals surface area contributed by atoms with Gasteiger partial charge < -0.3 is 91.7 Å². The van der Waals surface area contributed by atoms with Crippen LogP contribution in [0.15, 0.2) is 224 Å². The molecule has 16 nitrogen and oxygen atoms in total. The van der Waals surface area contributed by atoms with Gasteiger partial charge in [0.25, 0.3) is 0 Å². The Labute approximate surface area is 531 Å². The molecule has 0 amide bonds.